The van der Waals surface area contributed by atoms with Gasteiger partial charge in [-0.2, -0.15) is 8.42 Å². The summed E-state index contributed by atoms with van der Waals surface area (Å²) in [6, 6.07) is 0. The molecule has 138 valence electrons. The van der Waals surface area contributed by atoms with Crippen LogP contribution in [0.3, 0.4) is 0 Å². The number of aliphatic hydroxyl groups excluding tert-OH is 2. The van der Waals surface area contributed by atoms with Crippen molar-refractivity contribution in [3.8, 4) is 0 Å². The van der Waals surface area contributed by atoms with Gasteiger partial charge in [-0.3, -0.25) is 4.55 Å². The predicted molar refractivity (Wildman–Crippen MR) is 84.2 cm³/mol. The Morgan fingerprint density at radius 2 is 1.32 bits per heavy atom. The molecule has 0 fully saturated rings. The van der Waals surface area contributed by atoms with Crippen LogP contribution in [0.15, 0.2) is 0 Å². The lowest BCUT2D eigenvalue weighted by atomic mass is 10.3. The maximum atomic E-state index is 9.93. The fourth-order valence-electron chi connectivity index (χ4n) is 0.952. The second-order valence-corrected chi connectivity index (χ2v) is 4.89. The lowest BCUT2D eigenvalue weighted by Crippen LogP contribution is -2.04. The fraction of sp³-hybridized carbons (Fsp3) is 1.00. The summed E-state index contributed by atoms with van der Waals surface area (Å²) < 4.78 is 41.4. The third kappa shape index (κ3) is 42.7. The molecule has 0 radical (unpaired) electrons. The number of aliphatic hydroxyl groups is 2. The van der Waals surface area contributed by atoms with Crippen molar-refractivity contribution in [1.29, 1.82) is 0 Å². The van der Waals surface area contributed by atoms with Crippen molar-refractivity contribution in [2.75, 3.05) is 46.2 Å². The predicted octanol–water partition coefficient (Wildman–Crippen LogP) is 1.03. The number of unbranched alkanes of at least 4 members (excludes halogenated alkanes) is 2. The van der Waals surface area contributed by atoms with E-state index in [0.29, 0.717) is 19.6 Å². The molecule has 0 aliphatic heterocycles. The van der Waals surface area contributed by atoms with E-state index < -0.39 is 10.4 Å². The molecule has 0 saturated carbocycles. The van der Waals surface area contributed by atoms with E-state index in [-0.39, 0.29) is 19.8 Å². The molecule has 8 nitrogen and oxygen atoms in total. The van der Waals surface area contributed by atoms with E-state index in [0.717, 1.165) is 26.1 Å². The van der Waals surface area contributed by atoms with Crippen LogP contribution in [0.1, 0.15) is 40.0 Å². The van der Waals surface area contributed by atoms with Crippen LogP contribution in [0.25, 0.3) is 0 Å². The van der Waals surface area contributed by atoms with E-state index in [9.17, 15) is 8.42 Å². The largest absolute Gasteiger partial charge is 0.397 e. The molecule has 0 saturated heterocycles. The van der Waals surface area contributed by atoms with Crippen molar-refractivity contribution in [3.63, 3.8) is 0 Å². The Bertz CT molecular complexity index is 263. The second kappa shape index (κ2) is 23.0. The Morgan fingerprint density at radius 3 is 1.59 bits per heavy atom. The Morgan fingerprint density at radius 1 is 0.818 bits per heavy atom. The number of ether oxygens (including phenoxy) is 2. The van der Waals surface area contributed by atoms with Crippen LogP contribution < -0.4 is 0 Å². The zero-order chi connectivity index (χ0) is 17.7. The monoisotopic (exact) mass is 348 g/mol. The molecule has 0 bridgehead atoms. The summed E-state index contributed by atoms with van der Waals surface area (Å²) in [6.45, 7) is 8.43. The highest BCUT2D eigenvalue weighted by Crippen LogP contribution is 1.96. The summed E-state index contributed by atoms with van der Waals surface area (Å²) in [7, 11) is -4.20. The molecule has 0 aromatic rings. The van der Waals surface area contributed by atoms with E-state index >= 15 is 0 Å². The first-order valence-corrected chi connectivity index (χ1v) is 8.74. The minimum absolute atomic E-state index is 0.0278. The molecule has 0 aromatic carbocycles. The maximum absolute atomic E-state index is 9.93. The van der Waals surface area contributed by atoms with Crippen molar-refractivity contribution < 1.29 is 36.8 Å². The smallest absolute Gasteiger partial charge is 0.394 e. The first kappa shape index (κ1) is 26.6. The molecular weight excluding hydrogens is 316 g/mol. The van der Waals surface area contributed by atoms with Crippen LogP contribution in [0.2, 0.25) is 0 Å². The first-order chi connectivity index (χ1) is 10.4. The summed E-state index contributed by atoms with van der Waals surface area (Å²) in [5.41, 5.74) is 0. The van der Waals surface area contributed by atoms with Crippen molar-refractivity contribution in [2.24, 2.45) is 0 Å². The van der Waals surface area contributed by atoms with E-state index in [1.165, 1.54) is 0 Å². The Labute approximate surface area is 134 Å². The summed E-state index contributed by atoms with van der Waals surface area (Å²) in [6.07, 6.45) is 2.57. The molecule has 3 N–H and O–H groups in total. The molecule has 9 heteroatoms. The maximum Gasteiger partial charge on any atom is 0.397 e. The Hall–Kier alpha value is -0.290. The molecule has 0 aliphatic carbocycles. The summed E-state index contributed by atoms with van der Waals surface area (Å²) in [5, 5.41) is 16.2. The van der Waals surface area contributed by atoms with Gasteiger partial charge < -0.3 is 19.7 Å². The minimum Gasteiger partial charge on any atom is -0.394 e. The van der Waals surface area contributed by atoms with Gasteiger partial charge in [0.25, 0.3) is 0 Å². The van der Waals surface area contributed by atoms with Crippen LogP contribution >= 0.6 is 0 Å². The van der Waals surface area contributed by atoms with Gasteiger partial charge in [0.1, 0.15) is 0 Å². The van der Waals surface area contributed by atoms with Gasteiger partial charge >= 0.3 is 10.4 Å². The van der Waals surface area contributed by atoms with Crippen LogP contribution in [-0.4, -0.2) is 69.4 Å². The molecule has 0 aromatic heterocycles. The molecule has 22 heavy (non-hydrogen) atoms. The highest BCUT2D eigenvalue weighted by molar-refractivity contribution is 7.80. The van der Waals surface area contributed by atoms with Crippen molar-refractivity contribution in [1.82, 2.24) is 0 Å². The summed E-state index contributed by atoms with van der Waals surface area (Å²) in [5.74, 6) is 0. The average molecular weight is 348 g/mol. The van der Waals surface area contributed by atoms with Crippen molar-refractivity contribution >= 4 is 10.4 Å². The molecular formula is C13H32O8S. The van der Waals surface area contributed by atoms with Crippen LogP contribution in [-0.2, 0) is 24.1 Å². The standard InChI is InChI=1S/C5H12O4S.C4H10O3.C4H10O/c1-2-3-4-5-9-10(6,7)8;5-1-3-7-4-2-6;1-3-5-4-2/h2-5H2,1H3,(H,6,7,8);5-6H,1-4H2;3-4H2,1-2H3. The van der Waals surface area contributed by atoms with Crippen molar-refractivity contribution in [3.05, 3.63) is 0 Å². The molecule has 0 unspecified atom stereocenters. The molecule has 0 atom stereocenters. The SMILES string of the molecule is CCCCCOS(=O)(=O)O.CCOCC.OCCOCCO. The van der Waals surface area contributed by atoms with E-state index in [1.54, 1.807) is 0 Å². The molecule has 0 spiro atoms. The fourth-order valence-corrected chi connectivity index (χ4v) is 1.28. The van der Waals surface area contributed by atoms with Gasteiger partial charge in [-0.15, -0.1) is 0 Å². The van der Waals surface area contributed by atoms with Crippen LogP contribution in [0.4, 0.5) is 0 Å². The van der Waals surface area contributed by atoms with Gasteiger partial charge in [-0.25, -0.2) is 4.18 Å². The number of hydrogen-bond acceptors (Lipinski definition) is 7. The Kier molecular flexibility index (Phi) is 27.8. The zero-order valence-corrected chi connectivity index (χ0v) is 14.7. The Balaban J connectivity index is -0.000000263. The van der Waals surface area contributed by atoms with E-state index in [1.807, 2.05) is 20.8 Å². The third-order valence-corrected chi connectivity index (χ3v) is 2.32. The van der Waals surface area contributed by atoms with Crippen LogP contribution in [0, 0.1) is 0 Å². The van der Waals surface area contributed by atoms with E-state index in [2.05, 4.69) is 8.92 Å². The highest BCUT2D eigenvalue weighted by Gasteiger charge is 2.01. The van der Waals surface area contributed by atoms with Gasteiger partial charge in [0.05, 0.1) is 33.0 Å². The molecule has 0 heterocycles. The lowest BCUT2D eigenvalue weighted by molar-refractivity contribution is 0.0650. The lowest BCUT2D eigenvalue weighted by Gasteiger charge is -1.96. The third-order valence-electron chi connectivity index (χ3n) is 1.86. The van der Waals surface area contributed by atoms with Crippen LogP contribution in [0.5, 0.6) is 0 Å². The minimum atomic E-state index is -4.20. The molecule has 0 rings (SSSR count). The number of rotatable bonds is 11. The van der Waals surface area contributed by atoms with Gasteiger partial charge in [0, 0.05) is 13.2 Å². The summed E-state index contributed by atoms with van der Waals surface area (Å²) >= 11 is 0. The molecule has 0 aliphatic rings. The first-order valence-electron chi connectivity index (χ1n) is 7.38. The topological polar surface area (TPSA) is 123 Å². The quantitative estimate of drug-likeness (QED) is 0.374. The van der Waals surface area contributed by atoms with Crippen molar-refractivity contribution in [2.45, 2.75) is 40.0 Å². The average Bonchev–Trinajstić information content (AvgIpc) is 2.46. The zero-order valence-electron chi connectivity index (χ0n) is 13.9. The number of hydrogen-bond donors (Lipinski definition) is 3. The van der Waals surface area contributed by atoms with Gasteiger partial charge in [0.15, 0.2) is 0 Å². The molecule has 0 amide bonds. The van der Waals surface area contributed by atoms with Gasteiger partial charge in [0.2, 0.25) is 0 Å². The van der Waals surface area contributed by atoms with Gasteiger partial charge in [-0.05, 0) is 20.3 Å². The summed E-state index contributed by atoms with van der Waals surface area (Å²) in [4.78, 5) is 0. The van der Waals surface area contributed by atoms with E-state index in [4.69, 9.17) is 19.5 Å². The van der Waals surface area contributed by atoms with Gasteiger partial charge in [-0.1, -0.05) is 19.8 Å². The second-order valence-electron chi connectivity index (χ2n) is 3.80. The highest BCUT2D eigenvalue weighted by atomic mass is 32.3. The normalized spacial score (nSPS) is 10.3.